The van der Waals surface area contributed by atoms with Crippen LogP contribution in [0.3, 0.4) is 0 Å². The van der Waals surface area contributed by atoms with Gasteiger partial charge in [0.1, 0.15) is 6.07 Å². The van der Waals surface area contributed by atoms with E-state index in [1.54, 1.807) is 18.0 Å². The fourth-order valence-electron chi connectivity index (χ4n) is 1.99. The molecule has 1 heterocycles. The van der Waals surface area contributed by atoms with Gasteiger partial charge in [0.2, 0.25) is 0 Å². The maximum Gasteiger partial charge on any atom is 0.102 e. The molecule has 0 fully saturated rings. The molecule has 4 heteroatoms. The van der Waals surface area contributed by atoms with Crippen LogP contribution in [0.1, 0.15) is 31.0 Å². The molecule has 0 radical (unpaired) electrons. The van der Waals surface area contributed by atoms with Gasteiger partial charge in [0.05, 0.1) is 17.3 Å². The van der Waals surface area contributed by atoms with Crippen molar-refractivity contribution in [1.82, 2.24) is 4.98 Å². The minimum Gasteiger partial charge on any atom is -0.377 e. The minimum absolute atomic E-state index is 0.109. The van der Waals surface area contributed by atoms with Crippen LogP contribution < -0.4 is 5.32 Å². The molecule has 0 aliphatic rings. The van der Waals surface area contributed by atoms with Crippen LogP contribution in [0.4, 0.5) is 5.69 Å². The molecule has 1 unspecified atom stereocenters. The number of pyridine rings is 1. The van der Waals surface area contributed by atoms with Crippen LogP contribution in [-0.2, 0) is 0 Å². The molecule has 0 aliphatic carbocycles. The fraction of sp³-hybridized carbons (Fsp3) is 0.250. The van der Waals surface area contributed by atoms with Gasteiger partial charge in [-0.1, -0.05) is 19.1 Å². The number of benzene rings is 1. The largest absolute Gasteiger partial charge is 0.377 e. The quantitative estimate of drug-likeness (QED) is 0.834. The van der Waals surface area contributed by atoms with Crippen LogP contribution in [0.5, 0.6) is 0 Å². The average Bonchev–Trinajstić information content (AvgIpc) is 2.49. The number of nitrogens with one attached hydrogen (secondary N) is 1. The highest BCUT2D eigenvalue weighted by Gasteiger charge is 2.11. The molecule has 2 aromatic rings. The van der Waals surface area contributed by atoms with E-state index in [-0.39, 0.29) is 6.04 Å². The molecule has 1 aromatic heterocycles. The van der Waals surface area contributed by atoms with E-state index in [0.717, 1.165) is 27.5 Å². The molecule has 2 rings (SSSR count). The summed E-state index contributed by atoms with van der Waals surface area (Å²) in [5.74, 6) is 0.955. The van der Waals surface area contributed by atoms with Gasteiger partial charge in [0.25, 0.3) is 0 Å². The zero-order chi connectivity index (χ0) is 14.4. The normalized spacial score (nSPS) is 11.7. The van der Waals surface area contributed by atoms with E-state index in [2.05, 4.69) is 30.2 Å². The molecule has 0 aliphatic heterocycles. The Kier molecular flexibility index (Phi) is 5.03. The first kappa shape index (κ1) is 14.4. The monoisotopic (exact) mass is 283 g/mol. The second kappa shape index (κ2) is 6.97. The molecule has 20 heavy (non-hydrogen) atoms. The van der Waals surface area contributed by atoms with Gasteiger partial charge in [0.15, 0.2) is 0 Å². The van der Waals surface area contributed by atoms with Crippen molar-refractivity contribution >= 4 is 17.4 Å². The maximum absolute atomic E-state index is 9.39. The van der Waals surface area contributed by atoms with Crippen molar-refractivity contribution in [3.8, 4) is 6.07 Å². The Hall–Kier alpha value is -1.99. The first-order valence-corrected chi connectivity index (χ1v) is 7.57. The summed E-state index contributed by atoms with van der Waals surface area (Å²) in [6.07, 6.45) is 3.60. The van der Waals surface area contributed by atoms with E-state index in [9.17, 15) is 5.26 Å². The van der Waals surface area contributed by atoms with Crippen molar-refractivity contribution in [1.29, 1.82) is 5.26 Å². The number of thioether (sulfide) groups is 1. The molecule has 1 aromatic carbocycles. The molecule has 0 spiro atoms. The van der Waals surface area contributed by atoms with Crippen molar-refractivity contribution in [2.24, 2.45) is 0 Å². The number of hydrogen-bond acceptors (Lipinski definition) is 4. The maximum atomic E-state index is 9.39. The Bertz CT molecular complexity index is 605. The van der Waals surface area contributed by atoms with Crippen molar-refractivity contribution < 1.29 is 0 Å². The van der Waals surface area contributed by atoms with Gasteiger partial charge < -0.3 is 5.32 Å². The van der Waals surface area contributed by atoms with Gasteiger partial charge in [-0.2, -0.15) is 5.26 Å². The summed E-state index contributed by atoms with van der Waals surface area (Å²) in [7, 11) is 0. The molecule has 1 atom stereocenters. The van der Waals surface area contributed by atoms with Crippen LogP contribution in [0, 0.1) is 11.3 Å². The molecule has 102 valence electrons. The lowest BCUT2D eigenvalue weighted by atomic mass is 10.1. The number of rotatable bonds is 5. The predicted octanol–water partition coefficient (Wildman–Crippen LogP) is 4.24. The van der Waals surface area contributed by atoms with E-state index in [4.69, 9.17) is 0 Å². The number of nitrogens with zero attached hydrogens (tertiary/aromatic N) is 2. The van der Waals surface area contributed by atoms with Gasteiger partial charge in [0, 0.05) is 17.3 Å². The van der Waals surface area contributed by atoms with Crippen molar-refractivity contribution in [2.75, 3.05) is 11.1 Å². The second-order valence-corrected chi connectivity index (χ2v) is 5.68. The number of nitriles is 1. The highest BCUT2D eigenvalue weighted by atomic mass is 32.2. The van der Waals surface area contributed by atoms with E-state index < -0.39 is 0 Å². The molecule has 0 amide bonds. The van der Waals surface area contributed by atoms with Gasteiger partial charge in [-0.05, 0) is 36.4 Å². The zero-order valence-electron chi connectivity index (χ0n) is 11.6. The topological polar surface area (TPSA) is 48.7 Å². The Balaban J connectivity index is 2.25. The second-order valence-electron chi connectivity index (χ2n) is 4.38. The van der Waals surface area contributed by atoms with Crippen molar-refractivity contribution in [2.45, 2.75) is 24.8 Å². The van der Waals surface area contributed by atoms with Crippen LogP contribution in [0.15, 0.2) is 47.6 Å². The summed E-state index contributed by atoms with van der Waals surface area (Å²) in [5, 5.41) is 12.8. The number of hydrogen-bond donors (Lipinski definition) is 1. The summed E-state index contributed by atoms with van der Waals surface area (Å²) >= 11 is 1.69. The third-order valence-electron chi connectivity index (χ3n) is 2.99. The summed E-state index contributed by atoms with van der Waals surface area (Å²) in [6.45, 7) is 4.15. The van der Waals surface area contributed by atoms with E-state index >= 15 is 0 Å². The lowest BCUT2D eigenvalue weighted by Crippen LogP contribution is -2.08. The highest BCUT2D eigenvalue weighted by molar-refractivity contribution is 7.99. The number of aromatic nitrogens is 1. The Morgan fingerprint density at radius 3 is 2.85 bits per heavy atom. The smallest absolute Gasteiger partial charge is 0.102 e. The molecular formula is C16H17N3S. The van der Waals surface area contributed by atoms with Crippen molar-refractivity contribution in [3.05, 3.63) is 53.9 Å². The third kappa shape index (κ3) is 3.31. The Morgan fingerprint density at radius 1 is 1.35 bits per heavy atom. The average molecular weight is 283 g/mol. The van der Waals surface area contributed by atoms with Gasteiger partial charge in [-0.25, -0.2) is 0 Å². The highest BCUT2D eigenvalue weighted by Crippen LogP contribution is 2.29. The first-order chi connectivity index (χ1) is 9.76. The lowest BCUT2D eigenvalue weighted by molar-refractivity contribution is 0.874. The van der Waals surface area contributed by atoms with E-state index in [1.807, 2.05) is 36.5 Å². The Morgan fingerprint density at radius 2 is 2.20 bits per heavy atom. The zero-order valence-corrected chi connectivity index (χ0v) is 12.4. The first-order valence-electron chi connectivity index (χ1n) is 6.58. The molecule has 3 nitrogen and oxygen atoms in total. The molecule has 1 N–H and O–H groups in total. The SMILES string of the molecule is CCSc1cccc(NC(C)c2cccnc2)c1C#N. The van der Waals surface area contributed by atoms with Crippen molar-refractivity contribution in [3.63, 3.8) is 0 Å². The lowest BCUT2D eigenvalue weighted by Gasteiger charge is -2.17. The van der Waals surface area contributed by atoms with Gasteiger partial charge >= 0.3 is 0 Å². The molecular weight excluding hydrogens is 266 g/mol. The summed E-state index contributed by atoms with van der Waals surface area (Å²) < 4.78 is 0. The molecule has 0 saturated carbocycles. The standard InChI is InChI=1S/C16H17N3S/c1-3-20-16-8-4-7-15(14(16)10-17)19-12(2)13-6-5-9-18-11-13/h4-9,11-12,19H,3H2,1-2H3. The van der Waals surface area contributed by atoms with Crippen LogP contribution in [-0.4, -0.2) is 10.7 Å². The Labute approximate surface area is 124 Å². The fourth-order valence-corrected chi connectivity index (χ4v) is 2.78. The minimum atomic E-state index is 0.109. The predicted molar refractivity (Wildman–Crippen MR) is 83.8 cm³/mol. The van der Waals surface area contributed by atoms with Crippen LogP contribution >= 0.6 is 11.8 Å². The summed E-state index contributed by atoms with van der Waals surface area (Å²) in [6, 6.07) is 12.3. The summed E-state index contributed by atoms with van der Waals surface area (Å²) in [4.78, 5) is 5.15. The van der Waals surface area contributed by atoms with E-state index in [1.165, 1.54) is 0 Å². The van der Waals surface area contributed by atoms with Gasteiger partial charge in [-0.15, -0.1) is 11.8 Å². The number of anilines is 1. The molecule has 0 bridgehead atoms. The van der Waals surface area contributed by atoms with Crippen LogP contribution in [0.2, 0.25) is 0 Å². The van der Waals surface area contributed by atoms with E-state index in [0.29, 0.717) is 0 Å². The van der Waals surface area contributed by atoms with Gasteiger partial charge in [-0.3, -0.25) is 4.98 Å². The third-order valence-corrected chi connectivity index (χ3v) is 3.93. The van der Waals surface area contributed by atoms with Crippen LogP contribution in [0.25, 0.3) is 0 Å². The molecule has 0 saturated heterocycles. The summed E-state index contributed by atoms with van der Waals surface area (Å²) in [5.41, 5.74) is 2.70.